The number of rotatable bonds is 9. The van der Waals surface area contributed by atoms with E-state index < -0.39 is 12.1 Å². The van der Waals surface area contributed by atoms with Gasteiger partial charge < -0.3 is 25.1 Å². The van der Waals surface area contributed by atoms with Crippen LogP contribution in [0, 0.1) is 11.3 Å². The summed E-state index contributed by atoms with van der Waals surface area (Å²) >= 11 is 0. The number of nitrogens with zero attached hydrogens (tertiary/aromatic N) is 2. The number of ether oxygens (including phenoxy) is 1. The zero-order chi connectivity index (χ0) is 22.6. The van der Waals surface area contributed by atoms with Gasteiger partial charge in [-0.3, -0.25) is 14.5 Å². The SMILES string of the molecule is CNC(=O)[C@@H](NC(=O)C1CN(Cc2cnco2)CC12CNC2)[C@@H](C)OCc1ccccc1. The van der Waals surface area contributed by atoms with Crippen molar-refractivity contribution in [3.8, 4) is 0 Å². The number of likely N-dealkylation sites (N-methyl/N-ethyl adjacent to an activating group) is 1. The van der Waals surface area contributed by atoms with Crippen molar-refractivity contribution < 1.29 is 18.7 Å². The molecule has 2 aliphatic rings. The number of amides is 2. The predicted molar refractivity (Wildman–Crippen MR) is 117 cm³/mol. The third kappa shape index (κ3) is 4.85. The Morgan fingerprint density at radius 2 is 2.12 bits per heavy atom. The van der Waals surface area contributed by atoms with Crippen molar-refractivity contribution in [2.24, 2.45) is 11.3 Å². The van der Waals surface area contributed by atoms with E-state index in [1.54, 1.807) is 13.2 Å². The normalized spacial score (nSPS) is 21.6. The molecule has 0 saturated carbocycles. The van der Waals surface area contributed by atoms with E-state index in [1.165, 1.54) is 6.39 Å². The molecule has 3 heterocycles. The highest BCUT2D eigenvalue weighted by molar-refractivity contribution is 5.89. The van der Waals surface area contributed by atoms with Gasteiger partial charge in [0.15, 0.2) is 6.39 Å². The standard InChI is InChI=1S/C23H31N5O4/c1-16(31-11-17-6-4-3-5-7-17)20(22(30)24-2)27-21(29)19-10-28(9-18-8-25-15-32-18)14-23(19)12-26-13-23/h3-8,15-16,19-20,26H,9-14H2,1-2H3,(H,24,30)(H,27,29)/t16-,19?,20+/m1/s1. The molecule has 9 nitrogen and oxygen atoms in total. The van der Waals surface area contributed by atoms with Crippen LogP contribution in [0.3, 0.4) is 0 Å². The molecule has 4 rings (SSSR count). The monoisotopic (exact) mass is 441 g/mol. The summed E-state index contributed by atoms with van der Waals surface area (Å²) in [5.74, 6) is 0.173. The van der Waals surface area contributed by atoms with Crippen LogP contribution >= 0.6 is 0 Å². The summed E-state index contributed by atoms with van der Waals surface area (Å²) in [6, 6.07) is 8.99. The maximum absolute atomic E-state index is 13.4. The number of benzene rings is 1. The Morgan fingerprint density at radius 1 is 1.34 bits per heavy atom. The highest BCUT2D eigenvalue weighted by Crippen LogP contribution is 2.40. The molecule has 3 N–H and O–H groups in total. The van der Waals surface area contributed by atoms with Crippen molar-refractivity contribution in [3.63, 3.8) is 0 Å². The molecule has 1 aromatic carbocycles. The van der Waals surface area contributed by atoms with Gasteiger partial charge in [-0.2, -0.15) is 0 Å². The third-order valence-corrected chi connectivity index (χ3v) is 6.50. The first-order valence-corrected chi connectivity index (χ1v) is 11.0. The third-order valence-electron chi connectivity index (χ3n) is 6.50. The largest absolute Gasteiger partial charge is 0.447 e. The Bertz CT molecular complexity index is 900. The van der Waals surface area contributed by atoms with Gasteiger partial charge in [0.2, 0.25) is 11.8 Å². The first kappa shape index (κ1) is 22.4. The van der Waals surface area contributed by atoms with E-state index in [0.29, 0.717) is 19.7 Å². The lowest BCUT2D eigenvalue weighted by Crippen LogP contribution is -2.62. The Kier molecular flexibility index (Phi) is 6.88. The molecular weight excluding hydrogens is 410 g/mol. The zero-order valence-electron chi connectivity index (χ0n) is 18.5. The quantitative estimate of drug-likeness (QED) is 0.521. The predicted octanol–water partition coefficient (Wildman–Crippen LogP) is 0.532. The molecule has 1 spiro atoms. The molecular formula is C23H31N5O4. The number of hydrogen-bond donors (Lipinski definition) is 3. The van der Waals surface area contributed by atoms with E-state index in [9.17, 15) is 9.59 Å². The Morgan fingerprint density at radius 3 is 2.75 bits per heavy atom. The first-order valence-electron chi connectivity index (χ1n) is 11.0. The topological polar surface area (TPSA) is 109 Å². The minimum absolute atomic E-state index is 0.115. The summed E-state index contributed by atoms with van der Waals surface area (Å²) in [7, 11) is 1.57. The summed E-state index contributed by atoms with van der Waals surface area (Å²) < 4.78 is 11.3. The fourth-order valence-corrected chi connectivity index (χ4v) is 4.60. The maximum Gasteiger partial charge on any atom is 0.245 e. The average molecular weight is 442 g/mol. The van der Waals surface area contributed by atoms with E-state index in [2.05, 4.69) is 25.8 Å². The molecule has 9 heteroatoms. The van der Waals surface area contributed by atoms with Crippen LogP contribution < -0.4 is 16.0 Å². The van der Waals surface area contributed by atoms with Gasteiger partial charge in [0.25, 0.3) is 0 Å². The van der Waals surface area contributed by atoms with E-state index in [1.807, 2.05) is 37.3 Å². The number of carbonyl (C=O) groups is 2. The van der Waals surface area contributed by atoms with Gasteiger partial charge in [-0.05, 0) is 12.5 Å². The van der Waals surface area contributed by atoms with Crippen LogP contribution in [0.1, 0.15) is 18.2 Å². The van der Waals surface area contributed by atoms with Gasteiger partial charge in [-0.15, -0.1) is 0 Å². The van der Waals surface area contributed by atoms with Crippen LogP contribution in [-0.2, 0) is 27.5 Å². The van der Waals surface area contributed by atoms with Gasteiger partial charge in [0.05, 0.1) is 31.4 Å². The number of likely N-dealkylation sites (tertiary alicyclic amines) is 1. The van der Waals surface area contributed by atoms with Crippen molar-refractivity contribution in [1.82, 2.24) is 25.8 Å². The second-order valence-electron chi connectivity index (χ2n) is 8.76. The average Bonchev–Trinajstić information content (AvgIpc) is 3.44. The van der Waals surface area contributed by atoms with Crippen molar-refractivity contribution in [1.29, 1.82) is 0 Å². The number of aromatic nitrogens is 1. The molecule has 2 aliphatic heterocycles. The summed E-state index contributed by atoms with van der Waals surface area (Å²) in [4.78, 5) is 32.2. The Labute approximate surface area is 187 Å². The minimum Gasteiger partial charge on any atom is -0.447 e. The second kappa shape index (κ2) is 9.81. The van der Waals surface area contributed by atoms with Crippen molar-refractivity contribution in [2.75, 3.05) is 33.2 Å². The second-order valence-corrected chi connectivity index (χ2v) is 8.76. The Hall–Kier alpha value is -2.75. The molecule has 0 aliphatic carbocycles. The van der Waals surface area contributed by atoms with Gasteiger partial charge in [0.1, 0.15) is 11.8 Å². The summed E-state index contributed by atoms with van der Waals surface area (Å²) in [5, 5.41) is 8.94. The van der Waals surface area contributed by atoms with Crippen LogP contribution in [0.5, 0.6) is 0 Å². The van der Waals surface area contributed by atoms with Crippen molar-refractivity contribution >= 4 is 11.8 Å². The molecule has 2 amide bonds. The summed E-state index contributed by atoms with van der Waals surface area (Å²) in [5.41, 5.74) is 0.880. The lowest BCUT2D eigenvalue weighted by molar-refractivity contribution is -0.137. The van der Waals surface area contributed by atoms with Crippen LogP contribution in [0.4, 0.5) is 0 Å². The fourth-order valence-electron chi connectivity index (χ4n) is 4.60. The minimum atomic E-state index is -0.773. The number of carbonyl (C=O) groups excluding carboxylic acids is 2. The molecule has 0 radical (unpaired) electrons. The smallest absolute Gasteiger partial charge is 0.245 e. The van der Waals surface area contributed by atoms with Gasteiger partial charge in [-0.25, -0.2) is 4.98 Å². The van der Waals surface area contributed by atoms with Crippen LogP contribution in [0.2, 0.25) is 0 Å². The van der Waals surface area contributed by atoms with Crippen LogP contribution in [-0.4, -0.2) is 67.1 Å². The first-order chi connectivity index (χ1) is 15.5. The molecule has 1 unspecified atom stereocenters. The highest BCUT2D eigenvalue weighted by Gasteiger charge is 2.54. The molecule has 0 bridgehead atoms. The van der Waals surface area contributed by atoms with Crippen LogP contribution in [0.15, 0.2) is 47.3 Å². The van der Waals surface area contributed by atoms with Gasteiger partial charge in [-0.1, -0.05) is 30.3 Å². The lowest BCUT2D eigenvalue weighted by Gasteiger charge is -2.43. The molecule has 172 valence electrons. The molecule has 2 saturated heterocycles. The maximum atomic E-state index is 13.4. The molecule has 1 aromatic heterocycles. The Balaban J connectivity index is 1.41. The number of hydrogen-bond acceptors (Lipinski definition) is 7. The van der Waals surface area contributed by atoms with E-state index in [-0.39, 0.29) is 23.1 Å². The lowest BCUT2D eigenvalue weighted by atomic mass is 9.72. The van der Waals surface area contributed by atoms with E-state index in [4.69, 9.17) is 9.15 Å². The zero-order valence-corrected chi connectivity index (χ0v) is 18.5. The van der Waals surface area contributed by atoms with Crippen molar-refractivity contribution in [2.45, 2.75) is 32.2 Å². The molecule has 2 fully saturated rings. The highest BCUT2D eigenvalue weighted by atomic mass is 16.5. The summed E-state index contributed by atoms with van der Waals surface area (Å²) in [6.07, 6.45) is 2.63. The van der Waals surface area contributed by atoms with Gasteiger partial charge >= 0.3 is 0 Å². The van der Waals surface area contributed by atoms with Crippen LogP contribution in [0.25, 0.3) is 0 Å². The van der Waals surface area contributed by atoms with Gasteiger partial charge in [0, 0.05) is 38.6 Å². The van der Waals surface area contributed by atoms with E-state index in [0.717, 1.165) is 31.0 Å². The molecule has 2 aromatic rings. The van der Waals surface area contributed by atoms with Crippen molar-refractivity contribution in [3.05, 3.63) is 54.2 Å². The number of oxazole rings is 1. The molecule has 32 heavy (non-hydrogen) atoms. The fraction of sp³-hybridized carbons (Fsp3) is 0.522. The molecule has 3 atom stereocenters. The number of nitrogens with one attached hydrogen (secondary N) is 3. The summed E-state index contributed by atoms with van der Waals surface area (Å²) in [6.45, 7) is 5.76. The van der Waals surface area contributed by atoms with E-state index >= 15 is 0 Å².